The quantitative estimate of drug-likeness (QED) is 0.847. The van der Waals surface area contributed by atoms with E-state index in [0.29, 0.717) is 0 Å². The van der Waals surface area contributed by atoms with Gasteiger partial charge in [0.15, 0.2) is 0 Å². The molecule has 0 radical (unpaired) electrons. The average Bonchev–Trinajstić information content (AvgIpc) is 2.51. The Morgan fingerprint density at radius 1 is 1.14 bits per heavy atom. The largest absolute Gasteiger partial charge is 0.370 e. The lowest BCUT2D eigenvalue weighted by molar-refractivity contribution is 0.802. The molecule has 0 spiro atoms. The average molecular weight is 285 g/mol. The summed E-state index contributed by atoms with van der Waals surface area (Å²) in [6.45, 7) is 8.85. The highest BCUT2D eigenvalue weighted by Gasteiger charge is 2.09. The normalized spacial score (nSPS) is 10.4. The minimum Gasteiger partial charge on any atom is -0.370 e. The van der Waals surface area contributed by atoms with Gasteiger partial charge in [0.2, 0.25) is 0 Å². The molecule has 0 bridgehead atoms. The zero-order valence-corrected chi connectivity index (χ0v) is 13.0. The maximum Gasteiger partial charge on any atom is 0.134 e. The molecule has 0 amide bonds. The van der Waals surface area contributed by atoms with E-state index in [2.05, 4.69) is 39.0 Å². The van der Waals surface area contributed by atoms with Gasteiger partial charge in [-0.2, -0.15) is 0 Å². The lowest BCUT2D eigenvalue weighted by atomic mass is 10.2. The van der Waals surface area contributed by atoms with Crippen LogP contribution in [0.1, 0.15) is 31.7 Å². The fraction of sp³-hybridized carbons (Fsp3) is 0.438. The van der Waals surface area contributed by atoms with E-state index in [1.807, 2.05) is 37.5 Å². The number of hydrogen-bond donors (Lipinski definition) is 1. The van der Waals surface area contributed by atoms with Gasteiger partial charge in [-0.15, -0.1) is 0 Å². The highest BCUT2D eigenvalue weighted by Crippen LogP contribution is 2.18. The Morgan fingerprint density at radius 2 is 1.90 bits per heavy atom. The van der Waals surface area contributed by atoms with Crippen molar-refractivity contribution in [3.63, 3.8) is 0 Å². The summed E-state index contributed by atoms with van der Waals surface area (Å²) >= 11 is 0. The molecule has 5 heteroatoms. The highest BCUT2D eigenvalue weighted by atomic mass is 15.2. The molecule has 2 heterocycles. The Bertz CT molecular complexity index is 556. The predicted molar refractivity (Wildman–Crippen MR) is 86.5 cm³/mol. The molecule has 5 nitrogen and oxygen atoms in total. The summed E-state index contributed by atoms with van der Waals surface area (Å²) in [6.07, 6.45) is 4.72. The highest BCUT2D eigenvalue weighted by molar-refractivity contribution is 5.49. The van der Waals surface area contributed by atoms with E-state index in [0.717, 1.165) is 43.5 Å². The van der Waals surface area contributed by atoms with E-state index in [9.17, 15) is 0 Å². The number of aryl methyl sites for hydroxylation is 1. The van der Waals surface area contributed by atoms with Crippen LogP contribution in [0.3, 0.4) is 0 Å². The first-order chi connectivity index (χ1) is 10.2. The molecular weight excluding hydrogens is 262 g/mol. The van der Waals surface area contributed by atoms with E-state index in [4.69, 9.17) is 0 Å². The van der Waals surface area contributed by atoms with Gasteiger partial charge in [0, 0.05) is 38.1 Å². The Hall–Kier alpha value is -2.17. The SMILES string of the molecule is CCCNc1cc(N(CC)Cc2ccncc2)nc(C)n1. The third-order valence-electron chi connectivity index (χ3n) is 3.21. The Labute approximate surface area is 126 Å². The number of anilines is 2. The van der Waals surface area contributed by atoms with E-state index in [-0.39, 0.29) is 0 Å². The smallest absolute Gasteiger partial charge is 0.134 e. The van der Waals surface area contributed by atoms with Crippen molar-refractivity contribution < 1.29 is 0 Å². The second-order valence-corrected chi connectivity index (χ2v) is 4.96. The monoisotopic (exact) mass is 285 g/mol. The summed E-state index contributed by atoms with van der Waals surface area (Å²) in [5.41, 5.74) is 1.23. The molecule has 0 aliphatic heterocycles. The van der Waals surface area contributed by atoms with Crippen molar-refractivity contribution in [2.45, 2.75) is 33.7 Å². The van der Waals surface area contributed by atoms with Crippen molar-refractivity contribution in [1.29, 1.82) is 0 Å². The number of aromatic nitrogens is 3. The minimum atomic E-state index is 0.791. The van der Waals surface area contributed by atoms with Crippen LogP contribution in [0.2, 0.25) is 0 Å². The first-order valence-electron chi connectivity index (χ1n) is 7.46. The number of pyridine rings is 1. The van der Waals surface area contributed by atoms with Crippen LogP contribution in [0.15, 0.2) is 30.6 Å². The maximum absolute atomic E-state index is 4.57. The third kappa shape index (κ3) is 4.41. The van der Waals surface area contributed by atoms with Crippen LogP contribution in [0.25, 0.3) is 0 Å². The fourth-order valence-electron chi connectivity index (χ4n) is 2.12. The van der Waals surface area contributed by atoms with Crippen LogP contribution in [0, 0.1) is 6.92 Å². The summed E-state index contributed by atoms with van der Waals surface area (Å²) in [5, 5.41) is 3.33. The molecule has 0 aliphatic carbocycles. The number of nitrogens with zero attached hydrogens (tertiary/aromatic N) is 4. The van der Waals surface area contributed by atoms with Gasteiger partial charge in [0.1, 0.15) is 17.5 Å². The van der Waals surface area contributed by atoms with Gasteiger partial charge in [0.25, 0.3) is 0 Å². The fourth-order valence-corrected chi connectivity index (χ4v) is 2.12. The van der Waals surface area contributed by atoms with Crippen LogP contribution < -0.4 is 10.2 Å². The first-order valence-corrected chi connectivity index (χ1v) is 7.46. The van der Waals surface area contributed by atoms with Crippen molar-refractivity contribution in [1.82, 2.24) is 15.0 Å². The molecule has 2 rings (SSSR count). The summed E-state index contributed by atoms with van der Waals surface area (Å²) in [4.78, 5) is 15.3. The molecule has 1 N–H and O–H groups in total. The van der Waals surface area contributed by atoms with Crippen molar-refractivity contribution in [3.05, 3.63) is 42.0 Å². The third-order valence-corrected chi connectivity index (χ3v) is 3.21. The van der Waals surface area contributed by atoms with E-state index in [1.54, 1.807) is 0 Å². The lowest BCUT2D eigenvalue weighted by Crippen LogP contribution is -2.24. The van der Waals surface area contributed by atoms with Crippen molar-refractivity contribution in [2.75, 3.05) is 23.3 Å². The molecule has 2 aromatic rings. The molecule has 0 fully saturated rings. The molecule has 0 saturated heterocycles. The second kappa shape index (κ2) is 7.57. The zero-order valence-electron chi connectivity index (χ0n) is 13.0. The van der Waals surface area contributed by atoms with Gasteiger partial charge in [-0.1, -0.05) is 6.92 Å². The molecule has 0 aromatic carbocycles. The van der Waals surface area contributed by atoms with Crippen LogP contribution in [0.4, 0.5) is 11.6 Å². The molecule has 0 saturated carbocycles. The van der Waals surface area contributed by atoms with Crippen molar-refractivity contribution in [3.8, 4) is 0 Å². The topological polar surface area (TPSA) is 53.9 Å². The van der Waals surface area contributed by atoms with Gasteiger partial charge in [0.05, 0.1) is 0 Å². The molecule has 0 unspecified atom stereocenters. The zero-order chi connectivity index (χ0) is 15.1. The first kappa shape index (κ1) is 15.2. The molecule has 0 atom stereocenters. The minimum absolute atomic E-state index is 0.791. The molecule has 0 aliphatic rings. The molecule has 21 heavy (non-hydrogen) atoms. The number of hydrogen-bond acceptors (Lipinski definition) is 5. The van der Waals surface area contributed by atoms with E-state index >= 15 is 0 Å². The Morgan fingerprint density at radius 3 is 2.57 bits per heavy atom. The molecule has 2 aromatic heterocycles. The van der Waals surface area contributed by atoms with Crippen LogP contribution in [-0.2, 0) is 6.54 Å². The summed E-state index contributed by atoms with van der Waals surface area (Å²) < 4.78 is 0. The summed E-state index contributed by atoms with van der Waals surface area (Å²) in [5.74, 6) is 2.65. The van der Waals surface area contributed by atoms with Crippen LogP contribution >= 0.6 is 0 Å². The van der Waals surface area contributed by atoms with Gasteiger partial charge < -0.3 is 10.2 Å². The Kier molecular flexibility index (Phi) is 5.49. The van der Waals surface area contributed by atoms with E-state index in [1.165, 1.54) is 5.56 Å². The molecular formula is C16H23N5. The lowest BCUT2D eigenvalue weighted by Gasteiger charge is -2.23. The van der Waals surface area contributed by atoms with Gasteiger partial charge in [-0.05, 0) is 38.0 Å². The standard InChI is InChI=1S/C16H23N5/c1-4-8-18-15-11-16(20-13(3)19-15)21(5-2)12-14-6-9-17-10-7-14/h6-7,9-11H,4-5,8,12H2,1-3H3,(H,18,19,20). The van der Waals surface area contributed by atoms with Crippen LogP contribution in [0.5, 0.6) is 0 Å². The summed E-state index contributed by atoms with van der Waals surface area (Å²) in [6, 6.07) is 6.09. The van der Waals surface area contributed by atoms with Gasteiger partial charge >= 0.3 is 0 Å². The van der Waals surface area contributed by atoms with E-state index < -0.39 is 0 Å². The van der Waals surface area contributed by atoms with Crippen LogP contribution in [-0.4, -0.2) is 28.0 Å². The number of rotatable bonds is 7. The predicted octanol–water partition coefficient (Wildman–Crippen LogP) is 3.03. The number of nitrogens with one attached hydrogen (secondary N) is 1. The molecule has 112 valence electrons. The van der Waals surface area contributed by atoms with Gasteiger partial charge in [-0.25, -0.2) is 9.97 Å². The van der Waals surface area contributed by atoms with Crippen molar-refractivity contribution >= 4 is 11.6 Å². The van der Waals surface area contributed by atoms with Gasteiger partial charge in [-0.3, -0.25) is 4.98 Å². The maximum atomic E-state index is 4.57. The second-order valence-electron chi connectivity index (χ2n) is 4.96. The van der Waals surface area contributed by atoms with Crippen molar-refractivity contribution in [2.24, 2.45) is 0 Å². The Balaban J connectivity index is 2.19. The summed E-state index contributed by atoms with van der Waals surface area (Å²) in [7, 11) is 0.